The molecular weight excluding hydrogens is 232 g/mol. The van der Waals surface area contributed by atoms with Gasteiger partial charge in [0.1, 0.15) is 0 Å². The Labute approximate surface area is 106 Å². The van der Waals surface area contributed by atoms with Crippen LogP contribution in [-0.4, -0.2) is 34.3 Å². The van der Waals surface area contributed by atoms with Gasteiger partial charge >= 0.3 is 5.97 Å². The van der Waals surface area contributed by atoms with Crippen LogP contribution in [0.2, 0.25) is 0 Å². The molecule has 1 aromatic heterocycles. The number of methoxy groups -OCH3 is 1. The summed E-state index contributed by atoms with van der Waals surface area (Å²) in [7, 11) is 3.19. The average molecular weight is 250 g/mol. The molecule has 98 valence electrons. The second kappa shape index (κ2) is 6.76. The number of ether oxygens (including phenoxy) is 1. The second-order valence-corrected chi connectivity index (χ2v) is 3.96. The quantitative estimate of drug-likeness (QED) is 0.482. The summed E-state index contributed by atoms with van der Waals surface area (Å²) in [5.41, 5.74) is 2.59. The van der Waals surface area contributed by atoms with E-state index in [2.05, 4.69) is 9.72 Å². The third-order valence-electron chi connectivity index (χ3n) is 2.53. The Morgan fingerprint density at radius 1 is 1.61 bits per heavy atom. The molecule has 0 atom stereocenters. The van der Waals surface area contributed by atoms with Crippen LogP contribution in [0.25, 0.3) is 6.08 Å². The van der Waals surface area contributed by atoms with Crippen molar-refractivity contribution in [3.05, 3.63) is 35.4 Å². The minimum atomic E-state index is -0.399. The summed E-state index contributed by atoms with van der Waals surface area (Å²) in [4.78, 5) is 15.3. The Hall–Kier alpha value is -1.88. The van der Waals surface area contributed by atoms with Crippen LogP contribution in [0.15, 0.2) is 24.1 Å². The summed E-state index contributed by atoms with van der Waals surface area (Å²) < 4.78 is 6.37. The number of aromatic nitrogens is 2. The number of nitrogens with zero attached hydrogens (tertiary/aromatic N) is 2. The lowest BCUT2D eigenvalue weighted by molar-refractivity contribution is -0.134. The van der Waals surface area contributed by atoms with E-state index in [0.29, 0.717) is 6.42 Å². The average Bonchev–Trinajstić information content (AvgIpc) is 2.73. The van der Waals surface area contributed by atoms with Crippen molar-refractivity contribution < 1.29 is 14.6 Å². The largest absolute Gasteiger partial charge is 0.466 e. The van der Waals surface area contributed by atoms with Crippen LogP contribution in [0, 0.1) is 0 Å². The lowest BCUT2D eigenvalue weighted by Crippen LogP contribution is -1.97. The molecule has 1 aromatic rings. The topological polar surface area (TPSA) is 64.3 Å². The monoisotopic (exact) mass is 250 g/mol. The normalized spacial score (nSPS) is 12.1. The van der Waals surface area contributed by atoms with E-state index < -0.39 is 5.97 Å². The Kier molecular flexibility index (Phi) is 5.32. The Bertz CT molecular complexity index is 473. The lowest BCUT2D eigenvalue weighted by atomic mass is 10.2. The SMILES string of the molecule is COC(=O)/C=C/c1c(C/C=C(\C)CO)ncn1C. The van der Waals surface area contributed by atoms with Gasteiger partial charge in [0.05, 0.1) is 31.4 Å². The number of hydrogen-bond donors (Lipinski definition) is 1. The van der Waals surface area contributed by atoms with E-state index in [1.54, 1.807) is 12.4 Å². The summed E-state index contributed by atoms with van der Waals surface area (Å²) in [6, 6.07) is 0. The number of hydrogen-bond acceptors (Lipinski definition) is 4. The molecule has 1 heterocycles. The molecule has 1 rings (SSSR count). The van der Waals surface area contributed by atoms with Crippen molar-refractivity contribution in [1.82, 2.24) is 9.55 Å². The van der Waals surface area contributed by atoms with Gasteiger partial charge in [0.2, 0.25) is 0 Å². The van der Waals surface area contributed by atoms with Crippen LogP contribution >= 0.6 is 0 Å². The number of aliphatic hydroxyl groups is 1. The number of imidazole rings is 1. The molecule has 0 aromatic carbocycles. The molecule has 0 aliphatic carbocycles. The molecule has 0 radical (unpaired) electrons. The molecule has 0 saturated carbocycles. The first kappa shape index (κ1) is 14.2. The second-order valence-electron chi connectivity index (χ2n) is 3.96. The van der Waals surface area contributed by atoms with Gasteiger partial charge in [0.15, 0.2) is 0 Å². The maximum atomic E-state index is 11.1. The zero-order valence-electron chi connectivity index (χ0n) is 10.9. The smallest absolute Gasteiger partial charge is 0.330 e. The van der Waals surface area contributed by atoms with E-state index in [-0.39, 0.29) is 6.61 Å². The number of esters is 1. The molecule has 18 heavy (non-hydrogen) atoms. The van der Waals surface area contributed by atoms with Gasteiger partial charge in [-0.1, -0.05) is 11.6 Å². The predicted molar refractivity (Wildman–Crippen MR) is 68.8 cm³/mol. The third kappa shape index (κ3) is 3.85. The summed E-state index contributed by atoms with van der Waals surface area (Å²) in [5.74, 6) is -0.399. The van der Waals surface area contributed by atoms with Gasteiger partial charge in [-0.05, 0) is 13.0 Å². The summed E-state index contributed by atoms with van der Waals surface area (Å²) in [6.45, 7) is 1.90. The standard InChI is InChI=1S/C13H18N2O3/c1-10(8-16)4-5-11-12(15(2)9-14-11)6-7-13(17)18-3/h4,6-7,9,16H,5,8H2,1-3H3/b7-6+,10-4+. The number of aliphatic hydroxyl groups excluding tert-OH is 1. The molecule has 0 fully saturated rings. The number of carbonyl (C=O) groups excluding carboxylic acids is 1. The highest BCUT2D eigenvalue weighted by molar-refractivity contribution is 5.86. The molecule has 0 bridgehead atoms. The van der Waals surface area contributed by atoms with Crippen molar-refractivity contribution in [1.29, 1.82) is 0 Å². The fourth-order valence-electron chi connectivity index (χ4n) is 1.41. The first-order valence-electron chi connectivity index (χ1n) is 5.61. The van der Waals surface area contributed by atoms with Gasteiger partial charge < -0.3 is 14.4 Å². The number of aryl methyl sites for hydroxylation is 1. The summed E-state index contributed by atoms with van der Waals surface area (Å²) in [6.07, 6.45) is 7.26. The highest BCUT2D eigenvalue weighted by atomic mass is 16.5. The zero-order chi connectivity index (χ0) is 13.5. The first-order chi connectivity index (χ1) is 8.58. The molecule has 5 nitrogen and oxygen atoms in total. The lowest BCUT2D eigenvalue weighted by Gasteiger charge is -2.00. The van der Waals surface area contributed by atoms with Crippen molar-refractivity contribution in [2.75, 3.05) is 13.7 Å². The van der Waals surface area contributed by atoms with E-state index in [9.17, 15) is 4.79 Å². The van der Waals surface area contributed by atoms with Crippen LogP contribution in [0.3, 0.4) is 0 Å². The molecular formula is C13H18N2O3. The van der Waals surface area contributed by atoms with E-state index in [1.165, 1.54) is 13.2 Å². The number of allylic oxidation sites excluding steroid dienone is 1. The van der Waals surface area contributed by atoms with Crippen LogP contribution in [-0.2, 0) is 23.0 Å². The number of carbonyl (C=O) groups is 1. The van der Waals surface area contributed by atoms with Crippen molar-refractivity contribution in [2.45, 2.75) is 13.3 Å². The van der Waals surface area contributed by atoms with Crippen molar-refractivity contribution in [2.24, 2.45) is 7.05 Å². The highest BCUT2D eigenvalue weighted by Gasteiger charge is 2.05. The van der Waals surface area contributed by atoms with Crippen LogP contribution in [0.5, 0.6) is 0 Å². The molecule has 5 heteroatoms. The van der Waals surface area contributed by atoms with Crippen LogP contribution in [0.1, 0.15) is 18.3 Å². The fraction of sp³-hybridized carbons (Fsp3) is 0.385. The van der Waals surface area contributed by atoms with Gasteiger partial charge in [0.25, 0.3) is 0 Å². The van der Waals surface area contributed by atoms with Gasteiger partial charge in [-0.25, -0.2) is 9.78 Å². The molecule has 0 amide bonds. The van der Waals surface area contributed by atoms with Crippen molar-refractivity contribution >= 4 is 12.0 Å². The fourth-order valence-corrected chi connectivity index (χ4v) is 1.41. The van der Waals surface area contributed by atoms with E-state index in [1.807, 2.05) is 24.6 Å². The van der Waals surface area contributed by atoms with E-state index in [0.717, 1.165) is 17.0 Å². The zero-order valence-corrected chi connectivity index (χ0v) is 10.9. The van der Waals surface area contributed by atoms with E-state index in [4.69, 9.17) is 5.11 Å². The van der Waals surface area contributed by atoms with Crippen molar-refractivity contribution in [3.8, 4) is 0 Å². The molecule has 0 saturated heterocycles. The Balaban J connectivity index is 2.88. The first-order valence-corrected chi connectivity index (χ1v) is 5.61. The minimum absolute atomic E-state index is 0.0418. The molecule has 1 N–H and O–H groups in total. The molecule has 0 unspecified atom stereocenters. The molecule has 0 aliphatic rings. The van der Waals surface area contributed by atoms with Crippen LogP contribution in [0.4, 0.5) is 0 Å². The predicted octanol–water partition coefficient (Wildman–Crippen LogP) is 1.09. The highest BCUT2D eigenvalue weighted by Crippen LogP contribution is 2.11. The Morgan fingerprint density at radius 3 is 2.94 bits per heavy atom. The minimum Gasteiger partial charge on any atom is -0.466 e. The van der Waals surface area contributed by atoms with Gasteiger partial charge in [-0.2, -0.15) is 0 Å². The van der Waals surface area contributed by atoms with Crippen LogP contribution < -0.4 is 0 Å². The summed E-state index contributed by atoms with van der Waals surface area (Å²) >= 11 is 0. The molecule has 0 aliphatic heterocycles. The summed E-state index contributed by atoms with van der Waals surface area (Å²) in [5, 5.41) is 8.93. The Morgan fingerprint density at radius 2 is 2.33 bits per heavy atom. The van der Waals surface area contributed by atoms with Crippen molar-refractivity contribution in [3.63, 3.8) is 0 Å². The maximum absolute atomic E-state index is 11.1. The van der Waals surface area contributed by atoms with E-state index >= 15 is 0 Å². The third-order valence-corrected chi connectivity index (χ3v) is 2.53. The number of rotatable bonds is 5. The van der Waals surface area contributed by atoms with Gasteiger partial charge in [-0.3, -0.25) is 0 Å². The van der Waals surface area contributed by atoms with Gasteiger partial charge in [-0.15, -0.1) is 0 Å². The molecule has 0 spiro atoms. The maximum Gasteiger partial charge on any atom is 0.330 e. The van der Waals surface area contributed by atoms with Gasteiger partial charge in [0, 0.05) is 19.5 Å².